The highest BCUT2D eigenvalue weighted by molar-refractivity contribution is 6.07. The maximum Gasteiger partial charge on any atom is 0.254 e. The van der Waals surface area contributed by atoms with Gasteiger partial charge in [0.1, 0.15) is 11.5 Å². The fourth-order valence-corrected chi connectivity index (χ4v) is 4.06. The molecule has 0 atom stereocenters. The highest BCUT2D eigenvalue weighted by Gasteiger charge is 2.25. The zero-order valence-electron chi connectivity index (χ0n) is 18.8. The van der Waals surface area contributed by atoms with E-state index in [1.165, 1.54) is 0 Å². The summed E-state index contributed by atoms with van der Waals surface area (Å²) in [6.45, 7) is 5.67. The number of methoxy groups -OCH3 is 2. The second-order valence-corrected chi connectivity index (χ2v) is 7.94. The molecule has 7 heteroatoms. The van der Waals surface area contributed by atoms with Gasteiger partial charge in [-0.3, -0.25) is 9.59 Å². The Morgan fingerprint density at radius 1 is 0.906 bits per heavy atom. The number of fused-ring (bicyclic) bond motifs is 1. The van der Waals surface area contributed by atoms with Gasteiger partial charge >= 0.3 is 0 Å². The number of aromatic nitrogens is 1. The largest absolute Gasteiger partial charge is 0.497 e. The van der Waals surface area contributed by atoms with Gasteiger partial charge in [0.2, 0.25) is 5.91 Å². The Balaban J connectivity index is 1.79. The summed E-state index contributed by atoms with van der Waals surface area (Å²) < 4.78 is 10.9. The average Bonchev–Trinajstić information content (AvgIpc) is 2.82. The SMILES string of the molecule is COc1ccc(-c2cc(C(=O)N3CCN(C(C)=O)CC3)c3cc(C)ccc3n2)c(OC)c1. The van der Waals surface area contributed by atoms with Crippen LogP contribution in [0.2, 0.25) is 0 Å². The first-order valence-electron chi connectivity index (χ1n) is 10.6. The molecule has 0 N–H and O–H groups in total. The smallest absolute Gasteiger partial charge is 0.254 e. The normalized spacial score (nSPS) is 13.9. The second-order valence-electron chi connectivity index (χ2n) is 7.94. The van der Waals surface area contributed by atoms with Crippen LogP contribution < -0.4 is 9.47 Å². The van der Waals surface area contributed by atoms with Gasteiger partial charge in [0, 0.05) is 50.1 Å². The minimum absolute atomic E-state index is 0.0379. The molecule has 4 rings (SSSR count). The van der Waals surface area contributed by atoms with Crippen LogP contribution in [0.15, 0.2) is 42.5 Å². The molecule has 2 aromatic carbocycles. The maximum absolute atomic E-state index is 13.6. The summed E-state index contributed by atoms with van der Waals surface area (Å²) in [4.78, 5) is 33.7. The summed E-state index contributed by atoms with van der Waals surface area (Å²) in [6.07, 6.45) is 0. The molecule has 0 aliphatic carbocycles. The minimum atomic E-state index is -0.0556. The number of carbonyl (C=O) groups excluding carboxylic acids is 2. The van der Waals surface area contributed by atoms with Gasteiger partial charge in [-0.05, 0) is 37.3 Å². The van der Waals surface area contributed by atoms with Crippen LogP contribution in [-0.2, 0) is 4.79 Å². The molecule has 0 radical (unpaired) electrons. The van der Waals surface area contributed by atoms with Gasteiger partial charge in [-0.25, -0.2) is 4.98 Å². The molecule has 32 heavy (non-hydrogen) atoms. The Bertz CT molecular complexity index is 1180. The minimum Gasteiger partial charge on any atom is -0.497 e. The van der Waals surface area contributed by atoms with Crippen molar-refractivity contribution in [1.29, 1.82) is 0 Å². The Hall–Kier alpha value is -3.61. The lowest BCUT2D eigenvalue weighted by Gasteiger charge is -2.34. The van der Waals surface area contributed by atoms with Gasteiger partial charge in [0.25, 0.3) is 5.91 Å². The van der Waals surface area contributed by atoms with Crippen molar-refractivity contribution in [2.75, 3.05) is 40.4 Å². The quantitative estimate of drug-likeness (QED) is 0.629. The standard InChI is InChI=1S/C25H27N3O4/c1-16-5-8-22-20(13-16)21(25(30)28-11-9-27(10-12-28)17(2)29)15-23(26-22)19-7-6-18(31-3)14-24(19)32-4/h5-8,13-15H,9-12H2,1-4H3. The lowest BCUT2D eigenvalue weighted by molar-refractivity contribution is -0.130. The van der Waals surface area contributed by atoms with Gasteiger partial charge in [0.15, 0.2) is 0 Å². The molecule has 7 nitrogen and oxygen atoms in total. The molecule has 1 fully saturated rings. The summed E-state index contributed by atoms with van der Waals surface area (Å²) in [5.41, 5.74) is 3.85. The van der Waals surface area contributed by atoms with Crippen LogP contribution in [0, 0.1) is 6.92 Å². The molecule has 166 valence electrons. The molecular formula is C25H27N3O4. The van der Waals surface area contributed by atoms with Crippen molar-refractivity contribution in [3.8, 4) is 22.8 Å². The third-order valence-corrected chi connectivity index (χ3v) is 5.89. The van der Waals surface area contributed by atoms with Gasteiger partial charge in [-0.15, -0.1) is 0 Å². The Morgan fingerprint density at radius 3 is 2.28 bits per heavy atom. The highest BCUT2D eigenvalue weighted by Crippen LogP contribution is 2.34. The fourth-order valence-electron chi connectivity index (χ4n) is 4.06. The predicted molar refractivity (Wildman–Crippen MR) is 123 cm³/mol. The predicted octanol–water partition coefficient (Wildman–Crippen LogP) is 3.53. The number of benzene rings is 2. The molecule has 0 spiro atoms. The molecule has 0 bridgehead atoms. The van der Waals surface area contributed by atoms with Crippen LogP contribution in [0.4, 0.5) is 0 Å². The van der Waals surface area contributed by atoms with E-state index < -0.39 is 0 Å². The van der Waals surface area contributed by atoms with Crippen LogP contribution in [0.1, 0.15) is 22.8 Å². The third kappa shape index (κ3) is 4.10. The number of rotatable bonds is 4. The van der Waals surface area contributed by atoms with E-state index in [-0.39, 0.29) is 11.8 Å². The van der Waals surface area contributed by atoms with Crippen molar-refractivity contribution in [2.24, 2.45) is 0 Å². The highest BCUT2D eigenvalue weighted by atomic mass is 16.5. The molecular weight excluding hydrogens is 406 g/mol. The number of ether oxygens (including phenoxy) is 2. The lowest BCUT2D eigenvalue weighted by Crippen LogP contribution is -2.50. The summed E-state index contributed by atoms with van der Waals surface area (Å²) in [5.74, 6) is 1.29. The summed E-state index contributed by atoms with van der Waals surface area (Å²) in [5, 5.41) is 0.820. The average molecular weight is 434 g/mol. The van der Waals surface area contributed by atoms with Crippen LogP contribution in [0.25, 0.3) is 22.2 Å². The van der Waals surface area contributed by atoms with Crippen LogP contribution in [0.5, 0.6) is 11.5 Å². The number of hydrogen-bond acceptors (Lipinski definition) is 5. The van der Waals surface area contributed by atoms with E-state index in [2.05, 4.69) is 0 Å². The van der Waals surface area contributed by atoms with Crippen molar-refractivity contribution in [2.45, 2.75) is 13.8 Å². The maximum atomic E-state index is 13.6. The monoisotopic (exact) mass is 433 g/mol. The van der Waals surface area contributed by atoms with Gasteiger partial charge in [-0.2, -0.15) is 0 Å². The van der Waals surface area contributed by atoms with E-state index >= 15 is 0 Å². The molecule has 2 heterocycles. The molecule has 1 saturated heterocycles. The van der Waals surface area contributed by atoms with Crippen molar-refractivity contribution in [1.82, 2.24) is 14.8 Å². The van der Waals surface area contributed by atoms with Crippen LogP contribution in [-0.4, -0.2) is 67.0 Å². The number of carbonyl (C=O) groups is 2. The van der Waals surface area contributed by atoms with Gasteiger partial charge in [-0.1, -0.05) is 11.6 Å². The van der Waals surface area contributed by atoms with E-state index in [0.29, 0.717) is 48.9 Å². The molecule has 2 amide bonds. The molecule has 0 unspecified atom stereocenters. The number of pyridine rings is 1. The summed E-state index contributed by atoms with van der Waals surface area (Å²) in [6, 6.07) is 13.3. The first-order valence-corrected chi connectivity index (χ1v) is 10.6. The van der Waals surface area contributed by atoms with Gasteiger partial charge in [0.05, 0.1) is 31.0 Å². The number of nitrogens with zero attached hydrogens (tertiary/aromatic N) is 3. The summed E-state index contributed by atoms with van der Waals surface area (Å²) >= 11 is 0. The number of hydrogen-bond donors (Lipinski definition) is 0. The lowest BCUT2D eigenvalue weighted by atomic mass is 10.0. The van der Waals surface area contributed by atoms with E-state index in [1.54, 1.807) is 32.1 Å². The molecule has 1 aliphatic heterocycles. The Morgan fingerprint density at radius 2 is 1.62 bits per heavy atom. The Labute approximate surface area is 187 Å². The fraction of sp³-hybridized carbons (Fsp3) is 0.320. The van der Waals surface area contributed by atoms with Crippen molar-refractivity contribution in [3.05, 3.63) is 53.6 Å². The van der Waals surface area contributed by atoms with E-state index in [1.807, 2.05) is 48.2 Å². The zero-order valence-corrected chi connectivity index (χ0v) is 18.8. The first kappa shape index (κ1) is 21.6. The van der Waals surface area contributed by atoms with Crippen molar-refractivity contribution in [3.63, 3.8) is 0 Å². The van der Waals surface area contributed by atoms with E-state index in [0.717, 1.165) is 22.0 Å². The first-order chi connectivity index (χ1) is 15.4. The van der Waals surface area contributed by atoms with Crippen molar-refractivity contribution >= 4 is 22.7 Å². The van der Waals surface area contributed by atoms with E-state index in [9.17, 15) is 9.59 Å². The molecule has 3 aromatic rings. The van der Waals surface area contributed by atoms with Crippen LogP contribution >= 0.6 is 0 Å². The molecule has 1 aliphatic rings. The number of piperazine rings is 1. The van der Waals surface area contributed by atoms with E-state index in [4.69, 9.17) is 14.5 Å². The third-order valence-electron chi connectivity index (χ3n) is 5.89. The van der Waals surface area contributed by atoms with Crippen LogP contribution in [0.3, 0.4) is 0 Å². The Kier molecular flexibility index (Phi) is 5.99. The topological polar surface area (TPSA) is 72.0 Å². The van der Waals surface area contributed by atoms with Gasteiger partial charge < -0.3 is 19.3 Å². The van der Waals surface area contributed by atoms with Crippen molar-refractivity contribution < 1.29 is 19.1 Å². The second kappa shape index (κ2) is 8.86. The number of amides is 2. The molecule has 0 saturated carbocycles. The molecule has 1 aromatic heterocycles. The number of aryl methyl sites for hydroxylation is 1. The zero-order chi connectivity index (χ0) is 22.8. The summed E-state index contributed by atoms with van der Waals surface area (Å²) in [7, 11) is 3.21.